The number of aromatic nitrogens is 2. The maximum absolute atomic E-state index is 12.4. The molecule has 2 aromatic carbocycles. The molecular weight excluding hydrogens is 383 g/mol. The number of anilines is 1. The number of alkyl halides is 3. The van der Waals surface area contributed by atoms with Gasteiger partial charge in [0.25, 0.3) is 5.91 Å². The molecule has 0 saturated carbocycles. The van der Waals surface area contributed by atoms with E-state index in [1.54, 1.807) is 16.8 Å². The van der Waals surface area contributed by atoms with Gasteiger partial charge in [-0.3, -0.25) is 9.48 Å². The summed E-state index contributed by atoms with van der Waals surface area (Å²) >= 11 is 0. The number of halogens is 3. The van der Waals surface area contributed by atoms with E-state index in [2.05, 4.69) is 21.7 Å². The molecule has 29 heavy (non-hydrogen) atoms. The fourth-order valence-corrected chi connectivity index (χ4v) is 2.74. The zero-order chi connectivity index (χ0) is 21.0. The van der Waals surface area contributed by atoms with E-state index in [1.165, 1.54) is 12.1 Å². The molecule has 1 amide bonds. The van der Waals surface area contributed by atoms with Crippen molar-refractivity contribution in [2.24, 2.45) is 0 Å². The normalized spacial score (nSPS) is 11.2. The van der Waals surface area contributed by atoms with E-state index < -0.39 is 18.0 Å². The molecule has 3 aromatic rings. The lowest BCUT2D eigenvalue weighted by Crippen LogP contribution is -2.17. The minimum atomic E-state index is -4.78. The average Bonchev–Trinajstić information content (AvgIpc) is 3.10. The van der Waals surface area contributed by atoms with Crippen LogP contribution in [0.2, 0.25) is 0 Å². The maximum atomic E-state index is 12.4. The minimum absolute atomic E-state index is 0.183. The summed E-state index contributed by atoms with van der Waals surface area (Å²) in [5.74, 6) is -0.539. The van der Waals surface area contributed by atoms with E-state index in [1.807, 2.05) is 31.2 Å². The second kappa shape index (κ2) is 8.22. The van der Waals surface area contributed by atoms with Crippen LogP contribution in [0, 0.1) is 0 Å². The highest BCUT2D eigenvalue weighted by Crippen LogP contribution is 2.25. The molecule has 0 atom stereocenters. The van der Waals surface area contributed by atoms with Crippen molar-refractivity contribution >= 4 is 17.8 Å². The minimum Gasteiger partial charge on any atom is -0.406 e. The fourth-order valence-electron chi connectivity index (χ4n) is 2.74. The Balaban J connectivity index is 1.76. The Hall–Kier alpha value is -3.55. The van der Waals surface area contributed by atoms with Gasteiger partial charge in [0.1, 0.15) is 5.75 Å². The van der Waals surface area contributed by atoms with Crippen molar-refractivity contribution in [3.05, 3.63) is 72.3 Å². The molecule has 0 fully saturated rings. The van der Waals surface area contributed by atoms with E-state index in [0.29, 0.717) is 12.4 Å². The molecule has 0 spiro atoms. The van der Waals surface area contributed by atoms with Crippen LogP contribution in [0.1, 0.15) is 22.8 Å². The number of ether oxygens (including phenoxy) is 1. The fraction of sp³-hybridized carbons (Fsp3) is 0.143. The van der Waals surface area contributed by atoms with Crippen LogP contribution in [-0.2, 0) is 6.54 Å². The zero-order valence-corrected chi connectivity index (χ0v) is 15.5. The summed E-state index contributed by atoms with van der Waals surface area (Å²) in [5.41, 5.74) is 2.93. The Kier molecular flexibility index (Phi) is 5.72. The number of benzene rings is 2. The van der Waals surface area contributed by atoms with E-state index >= 15 is 0 Å². The lowest BCUT2D eigenvalue weighted by Gasteiger charge is -2.09. The van der Waals surface area contributed by atoms with Crippen LogP contribution in [0.3, 0.4) is 0 Å². The van der Waals surface area contributed by atoms with Crippen molar-refractivity contribution in [2.45, 2.75) is 19.8 Å². The van der Waals surface area contributed by atoms with Crippen molar-refractivity contribution < 1.29 is 22.7 Å². The van der Waals surface area contributed by atoms with Crippen LogP contribution in [0.5, 0.6) is 5.75 Å². The first kappa shape index (κ1) is 20.2. The monoisotopic (exact) mass is 401 g/mol. The van der Waals surface area contributed by atoms with Crippen LogP contribution >= 0.6 is 0 Å². The highest BCUT2D eigenvalue weighted by atomic mass is 19.4. The summed E-state index contributed by atoms with van der Waals surface area (Å²) in [4.78, 5) is 12.4. The Labute approximate surface area is 165 Å². The third-order valence-corrected chi connectivity index (χ3v) is 4.11. The Morgan fingerprint density at radius 3 is 2.38 bits per heavy atom. The van der Waals surface area contributed by atoms with Gasteiger partial charge in [-0.25, -0.2) is 0 Å². The Morgan fingerprint density at radius 1 is 1.17 bits per heavy atom. The topological polar surface area (TPSA) is 56.1 Å². The first-order chi connectivity index (χ1) is 13.8. The van der Waals surface area contributed by atoms with Gasteiger partial charge in [0.2, 0.25) is 0 Å². The van der Waals surface area contributed by atoms with Crippen molar-refractivity contribution in [1.29, 1.82) is 0 Å². The summed E-state index contributed by atoms with van der Waals surface area (Å²) in [7, 11) is 0. The Bertz CT molecular complexity index is 1010. The number of hydrogen-bond acceptors (Lipinski definition) is 3. The summed E-state index contributed by atoms with van der Waals surface area (Å²) in [6.07, 6.45) is -3.03. The predicted octanol–water partition coefficient (Wildman–Crippen LogP) is 5.36. The van der Waals surface area contributed by atoms with Crippen LogP contribution in [0.15, 0.2) is 61.2 Å². The van der Waals surface area contributed by atoms with Crippen LogP contribution < -0.4 is 10.1 Å². The molecular formula is C21H18F3N3O2. The molecule has 0 saturated heterocycles. The maximum Gasteiger partial charge on any atom is 0.573 e. The molecule has 0 aliphatic heterocycles. The summed E-state index contributed by atoms with van der Waals surface area (Å²) in [5, 5.41) is 7.03. The number of amides is 1. The number of carbonyl (C=O) groups excluding carboxylic acids is 1. The van der Waals surface area contributed by atoms with Crippen LogP contribution in [0.25, 0.3) is 17.3 Å². The highest BCUT2D eigenvalue weighted by molar-refractivity contribution is 6.04. The van der Waals surface area contributed by atoms with Crippen molar-refractivity contribution in [3.63, 3.8) is 0 Å². The molecule has 8 heteroatoms. The van der Waals surface area contributed by atoms with Crippen molar-refractivity contribution in [1.82, 2.24) is 9.78 Å². The molecule has 5 nitrogen and oxygen atoms in total. The van der Waals surface area contributed by atoms with Gasteiger partial charge < -0.3 is 10.1 Å². The average molecular weight is 401 g/mol. The second-order valence-electron chi connectivity index (χ2n) is 6.08. The molecule has 3 rings (SSSR count). The van der Waals surface area contributed by atoms with Gasteiger partial charge in [0.05, 0.1) is 5.69 Å². The number of carbonyl (C=O) groups is 1. The van der Waals surface area contributed by atoms with E-state index in [0.717, 1.165) is 29.0 Å². The molecule has 0 bridgehead atoms. The van der Waals surface area contributed by atoms with Crippen LogP contribution in [-0.4, -0.2) is 22.1 Å². The molecule has 1 heterocycles. The van der Waals surface area contributed by atoms with Gasteiger partial charge >= 0.3 is 6.36 Å². The predicted molar refractivity (Wildman–Crippen MR) is 105 cm³/mol. The largest absolute Gasteiger partial charge is 0.573 e. The van der Waals surface area contributed by atoms with E-state index in [-0.39, 0.29) is 5.56 Å². The number of rotatable bonds is 6. The quantitative estimate of drug-likeness (QED) is 0.605. The molecule has 0 unspecified atom stereocenters. The number of hydrogen-bond donors (Lipinski definition) is 1. The van der Waals surface area contributed by atoms with Gasteiger partial charge in [-0.05, 0) is 42.3 Å². The number of nitrogens with zero attached hydrogens (tertiary/aromatic N) is 2. The molecule has 1 aromatic heterocycles. The summed E-state index contributed by atoms with van der Waals surface area (Å²) in [6, 6.07) is 14.1. The molecule has 1 N–H and O–H groups in total. The lowest BCUT2D eigenvalue weighted by atomic mass is 10.1. The standard InChI is InChI=1S/C21H18F3N3O2/c1-3-14-5-7-15(8-6-14)18-13-19(26-27(18)4-2)25-20(28)16-9-11-17(12-10-16)29-21(22,23)24/h3,5-13H,1,4H2,2H3,(H,25,26,28). The first-order valence-corrected chi connectivity index (χ1v) is 8.77. The van der Waals surface area contributed by atoms with Gasteiger partial charge in [-0.1, -0.05) is 36.9 Å². The van der Waals surface area contributed by atoms with Crippen molar-refractivity contribution in [3.8, 4) is 17.0 Å². The van der Waals surface area contributed by atoms with Gasteiger partial charge in [-0.15, -0.1) is 13.2 Å². The second-order valence-corrected chi connectivity index (χ2v) is 6.08. The summed E-state index contributed by atoms with van der Waals surface area (Å²) in [6.45, 7) is 6.25. The number of nitrogens with one attached hydrogen (secondary N) is 1. The third-order valence-electron chi connectivity index (χ3n) is 4.11. The Morgan fingerprint density at radius 2 is 1.83 bits per heavy atom. The first-order valence-electron chi connectivity index (χ1n) is 8.77. The molecule has 0 radical (unpaired) electrons. The molecule has 0 aliphatic rings. The van der Waals surface area contributed by atoms with Crippen LogP contribution in [0.4, 0.5) is 19.0 Å². The number of aryl methyl sites for hydroxylation is 1. The molecule has 150 valence electrons. The summed E-state index contributed by atoms with van der Waals surface area (Å²) < 4.78 is 42.2. The van der Waals surface area contributed by atoms with E-state index in [4.69, 9.17) is 0 Å². The van der Waals surface area contributed by atoms with Crippen molar-refractivity contribution in [2.75, 3.05) is 5.32 Å². The zero-order valence-electron chi connectivity index (χ0n) is 15.5. The molecule has 0 aliphatic carbocycles. The third kappa shape index (κ3) is 5.04. The van der Waals surface area contributed by atoms with Gasteiger partial charge in [-0.2, -0.15) is 5.10 Å². The smallest absolute Gasteiger partial charge is 0.406 e. The van der Waals surface area contributed by atoms with Gasteiger partial charge in [0.15, 0.2) is 5.82 Å². The van der Waals surface area contributed by atoms with E-state index in [9.17, 15) is 18.0 Å². The van der Waals surface area contributed by atoms with Gasteiger partial charge in [0, 0.05) is 18.2 Å². The lowest BCUT2D eigenvalue weighted by molar-refractivity contribution is -0.274. The highest BCUT2D eigenvalue weighted by Gasteiger charge is 2.31. The SMILES string of the molecule is C=Cc1ccc(-c2cc(NC(=O)c3ccc(OC(F)(F)F)cc3)nn2CC)cc1.